The number of methoxy groups -OCH3 is 1. The highest BCUT2D eigenvalue weighted by Crippen LogP contribution is 2.43. The molecule has 4 nitrogen and oxygen atoms in total. The molecule has 0 spiro atoms. The van der Waals surface area contributed by atoms with E-state index in [0.29, 0.717) is 0 Å². The molecule has 0 atom stereocenters. The van der Waals surface area contributed by atoms with Gasteiger partial charge in [-0.05, 0) is 43.7 Å². The first-order chi connectivity index (χ1) is 11.8. The van der Waals surface area contributed by atoms with Crippen molar-refractivity contribution in [2.75, 3.05) is 7.11 Å². The van der Waals surface area contributed by atoms with Crippen molar-refractivity contribution in [1.29, 1.82) is 0 Å². The van der Waals surface area contributed by atoms with E-state index in [1.807, 2.05) is 55.1 Å². The predicted molar refractivity (Wildman–Crippen MR) is 99.9 cm³/mol. The highest BCUT2D eigenvalue weighted by atomic mass is 16.5. The van der Waals surface area contributed by atoms with E-state index in [0.717, 1.165) is 22.2 Å². The second-order valence-corrected chi connectivity index (χ2v) is 7.41. The first kappa shape index (κ1) is 17.2. The second-order valence-electron chi connectivity index (χ2n) is 7.41. The van der Waals surface area contributed by atoms with Crippen molar-refractivity contribution < 1.29 is 9.53 Å². The van der Waals surface area contributed by atoms with Gasteiger partial charge in [-0.2, -0.15) is 5.10 Å². The fraction of sp³-hybridized carbons (Fsp3) is 0.333. The molecule has 0 saturated carbocycles. The van der Waals surface area contributed by atoms with Crippen molar-refractivity contribution >= 4 is 16.9 Å². The fourth-order valence-corrected chi connectivity index (χ4v) is 3.07. The fourth-order valence-electron chi connectivity index (χ4n) is 3.07. The van der Waals surface area contributed by atoms with E-state index in [9.17, 15) is 4.79 Å². The van der Waals surface area contributed by atoms with E-state index >= 15 is 0 Å². The topological polar surface area (TPSA) is 44.1 Å². The normalized spacial score (nSPS) is 12.4. The number of aromatic nitrogens is 2. The Kier molecular flexibility index (Phi) is 4.15. The van der Waals surface area contributed by atoms with Gasteiger partial charge in [-0.25, -0.2) is 4.68 Å². The van der Waals surface area contributed by atoms with Gasteiger partial charge in [0, 0.05) is 10.8 Å². The summed E-state index contributed by atoms with van der Waals surface area (Å²) in [4.78, 5) is 12.3. The summed E-state index contributed by atoms with van der Waals surface area (Å²) in [5, 5.41) is 5.58. The van der Waals surface area contributed by atoms with E-state index in [4.69, 9.17) is 4.74 Å². The maximum Gasteiger partial charge on any atom is 0.312 e. The summed E-state index contributed by atoms with van der Waals surface area (Å²) in [7, 11) is 1.44. The number of rotatable bonds is 4. The molecule has 25 heavy (non-hydrogen) atoms. The van der Waals surface area contributed by atoms with Crippen LogP contribution in [0.15, 0.2) is 54.7 Å². The smallest absolute Gasteiger partial charge is 0.312 e. The number of hydrogen-bond acceptors (Lipinski definition) is 3. The van der Waals surface area contributed by atoms with Crippen molar-refractivity contribution in [3.63, 3.8) is 0 Å². The average Bonchev–Trinajstić information content (AvgIpc) is 3.04. The van der Waals surface area contributed by atoms with Gasteiger partial charge in [0.15, 0.2) is 0 Å². The minimum absolute atomic E-state index is 0.211. The van der Waals surface area contributed by atoms with Crippen LogP contribution in [0.3, 0.4) is 0 Å². The Labute approximate surface area is 148 Å². The second kappa shape index (κ2) is 6.03. The van der Waals surface area contributed by atoms with Crippen LogP contribution in [0.1, 0.15) is 33.3 Å². The van der Waals surface area contributed by atoms with E-state index in [-0.39, 0.29) is 11.4 Å². The minimum atomic E-state index is -0.648. The molecule has 2 aromatic carbocycles. The number of benzene rings is 2. The summed E-state index contributed by atoms with van der Waals surface area (Å²) in [6.45, 7) is 8.01. The molecule has 0 amide bonds. The van der Waals surface area contributed by atoms with Gasteiger partial charge in [-0.3, -0.25) is 4.79 Å². The Morgan fingerprint density at radius 1 is 1.04 bits per heavy atom. The Morgan fingerprint density at radius 2 is 1.72 bits per heavy atom. The molecule has 3 rings (SSSR count). The lowest BCUT2D eigenvalue weighted by atomic mass is 9.64. The Bertz CT molecular complexity index is 908. The zero-order valence-corrected chi connectivity index (χ0v) is 15.4. The largest absolute Gasteiger partial charge is 0.469 e. The Balaban J connectivity index is 2.07. The van der Waals surface area contributed by atoms with Crippen LogP contribution in [0.4, 0.5) is 0 Å². The van der Waals surface area contributed by atoms with Crippen LogP contribution in [-0.4, -0.2) is 22.9 Å². The molecular weight excluding hydrogens is 312 g/mol. The summed E-state index contributed by atoms with van der Waals surface area (Å²) < 4.78 is 6.95. The molecule has 0 saturated heterocycles. The number of carbonyl (C=O) groups excluding carboxylic acids is 1. The van der Waals surface area contributed by atoms with Gasteiger partial charge < -0.3 is 4.74 Å². The van der Waals surface area contributed by atoms with Crippen LogP contribution in [0.2, 0.25) is 0 Å². The van der Waals surface area contributed by atoms with Gasteiger partial charge in [0.2, 0.25) is 0 Å². The maximum atomic E-state index is 12.3. The van der Waals surface area contributed by atoms with Crippen molar-refractivity contribution in [2.45, 2.75) is 33.1 Å². The number of esters is 1. The molecule has 1 aromatic heterocycles. The van der Waals surface area contributed by atoms with E-state index in [1.165, 1.54) is 7.11 Å². The van der Waals surface area contributed by atoms with E-state index in [2.05, 4.69) is 37.1 Å². The lowest BCUT2D eigenvalue weighted by Gasteiger charge is -2.39. The van der Waals surface area contributed by atoms with Crippen LogP contribution in [0.25, 0.3) is 16.6 Å². The molecule has 0 bridgehead atoms. The van der Waals surface area contributed by atoms with Crippen LogP contribution in [0.5, 0.6) is 0 Å². The van der Waals surface area contributed by atoms with Crippen molar-refractivity contribution in [2.24, 2.45) is 5.41 Å². The molecule has 1 heterocycles. The first-order valence-corrected chi connectivity index (χ1v) is 8.41. The molecule has 0 aliphatic carbocycles. The van der Waals surface area contributed by atoms with Gasteiger partial charge in [0.25, 0.3) is 0 Å². The SMILES string of the molecule is COC(=O)C(C)(C)C(C)(C)c1ccc2c(cnn2-c2ccccc2)c1. The van der Waals surface area contributed by atoms with Crippen molar-refractivity contribution in [3.8, 4) is 5.69 Å². The number of nitrogens with zero attached hydrogens (tertiary/aromatic N) is 2. The zero-order chi connectivity index (χ0) is 18.2. The highest BCUT2D eigenvalue weighted by molar-refractivity contribution is 5.83. The molecule has 130 valence electrons. The quantitative estimate of drug-likeness (QED) is 0.659. The molecule has 0 N–H and O–H groups in total. The number of ether oxygens (including phenoxy) is 1. The van der Waals surface area contributed by atoms with Crippen LogP contribution >= 0.6 is 0 Å². The Hall–Kier alpha value is -2.62. The molecule has 0 fully saturated rings. The number of para-hydroxylation sites is 1. The van der Waals surface area contributed by atoms with E-state index < -0.39 is 5.41 Å². The van der Waals surface area contributed by atoms with E-state index in [1.54, 1.807) is 0 Å². The van der Waals surface area contributed by atoms with Gasteiger partial charge >= 0.3 is 5.97 Å². The zero-order valence-electron chi connectivity index (χ0n) is 15.4. The molecule has 0 unspecified atom stereocenters. The van der Waals surface area contributed by atoms with Crippen molar-refractivity contribution in [1.82, 2.24) is 9.78 Å². The molecule has 4 heteroatoms. The molecule has 3 aromatic rings. The van der Waals surface area contributed by atoms with Gasteiger partial charge in [0.1, 0.15) is 0 Å². The first-order valence-electron chi connectivity index (χ1n) is 8.41. The highest BCUT2D eigenvalue weighted by Gasteiger charge is 2.45. The summed E-state index contributed by atoms with van der Waals surface area (Å²) in [5.74, 6) is -0.211. The summed E-state index contributed by atoms with van der Waals surface area (Å²) in [6.07, 6.45) is 1.87. The maximum absolute atomic E-state index is 12.3. The number of fused-ring (bicyclic) bond motifs is 1. The summed E-state index contributed by atoms with van der Waals surface area (Å²) in [6, 6.07) is 16.3. The molecular formula is C21H24N2O2. The van der Waals surface area contributed by atoms with Gasteiger partial charge in [-0.15, -0.1) is 0 Å². The lowest BCUT2D eigenvalue weighted by molar-refractivity contribution is -0.154. The molecule has 0 aliphatic heterocycles. The predicted octanol–water partition coefficient (Wildman–Crippen LogP) is 4.50. The third kappa shape index (κ3) is 2.72. The van der Waals surface area contributed by atoms with Gasteiger partial charge in [0.05, 0.1) is 29.9 Å². The number of hydrogen-bond donors (Lipinski definition) is 0. The molecule has 0 aliphatic rings. The third-order valence-electron chi connectivity index (χ3n) is 5.55. The van der Waals surface area contributed by atoms with Crippen LogP contribution < -0.4 is 0 Å². The third-order valence-corrected chi connectivity index (χ3v) is 5.55. The van der Waals surface area contributed by atoms with Crippen LogP contribution in [-0.2, 0) is 14.9 Å². The minimum Gasteiger partial charge on any atom is -0.469 e. The lowest BCUT2D eigenvalue weighted by Crippen LogP contribution is -2.43. The molecule has 0 radical (unpaired) electrons. The average molecular weight is 336 g/mol. The Morgan fingerprint density at radius 3 is 2.36 bits per heavy atom. The summed E-state index contributed by atoms with van der Waals surface area (Å²) >= 11 is 0. The number of carbonyl (C=O) groups is 1. The van der Waals surface area contributed by atoms with Gasteiger partial charge in [-0.1, -0.05) is 38.1 Å². The monoisotopic (exact) mass is 336 g/mol. The standard InChI is InChI=1S/C21H24N2O2/c1-20(2,21(3,4)19(24)25-5)16-11-12-18-15(13-16)14-22-23(18)17-9-7-6-8-10-17/h6-14H,1-5H3. The van der Waals surface area contributed by atoms with Crippen LogP contribution in [0, 0.1) is 5.41 Å². The van der Waals surface area contributed by atoms with Crippen molar-refractivity contribution in [3.05, 3.63) is 60.3 Å². The summed E-state index contributed by atoms with van der Waals surface area (Å²) in [5.41, 5.74) is 2.12.